The molecule has 6 heteroatoms. The molecule has 0 radical (unpaired) electrons. The lowest BCUT2D eigenvalue weighted by Crippen LogP contribution is -2.31. The minimum absolute atomic E-state index is 0.317. The Bertz CT molecular complexity index is 952. The van der Waals surface area contributed by atoms with Gasteiger partial charge in [-0.25, -0.2) is 9.69 Å². The number of carbonyl (C=O) groups excluding carboxylic acids is 3. The summed E-state index contributed by atoms with van der Waals surface area (Å²) in [5.41, 5.74) is 1.79. The van der Waals surface area contributed by atoms with Crippen molar-refractivity contribution >= 4 is 40.8 Å². The van der Waals surface area contributed by atoms with Gasteiger partial charge in [0.2, 0.25) is 0 Å². The van der Waals surface area contributed by atoms with Crippen LogP contribution in [0.3, 0.4) is 0 Å². The highest BCUT2D eigenvalue weighted by molar-refractivity contribution is 8.04. The third-order valence-corrected chi connectivity index (χ3v) is 5.42. The zero-order valence-corrected chi connectivity index (χ0v) is 17.3. The van der Waals surface area contributed by atoms with Crippen molar-refractivity contribution in [1.82, 2.24) is 0 Å². The third kappa shape index (κ3) is 4.43. The van der Waals surface area contributed by atoms with Gasteiger partial charge in [0.05, 0.1) is 28.3 Å². The maximum absolute atomic E-state index is 13.2. The molecule has 0 atom stereocenters. The molecule has 0 bridgehead atoms. The van der Waals surface area contributed by atoms with Crippen molar-refractivity contribution in [3.05, 3.63) is 70.6 Å². The minimum atomic E-state index is -0.459. The lowest BCUT2D eigenvalue weighted by atomic mass is 10.1. The molecule has 0 saturated heterocycles. The number of unbranched alkanes of at least 4 members (excludes halogenated alkanes) is 1. The first-order valence-electron chi connectivity index (χ1n) is 9.67. The second-order valence-corrected chi connectivity index (χ2v) is 7.76. The van der Waals surface area contributed by atoms with Crippen LogP contribution >= 0.6 is 11.8 Å². The molecule has 2 aromatic rings. The number of anilines is 1. The molecule has 1 heterocycles. The van der Waals surface area contributed by atoms with Gasteiger partial charge in [-0.05, 0) is 35.9 Å². The summed E-state index contributed by atoms with van der Waals surface area (Å²) < 4.78 is 5.25. The van der Waals surface area contributed by atoms with E-state index in [9.17, 15) is 14.4 Å². The molecule has 0 spiro atoms. The van der Waals surface area contributed by atoms with Gasteiger partial charge in [0.1, 0.15) is 0 Å². The first-order chi connectivity index (χ1) is 14.1. The fraction of sp³-hybridized carbons (Fsp3) is 0.261. The lowest BCUT2D eigenvalue weighted by molar-refractivity contribution is -0.119. The van der Waals surface area contributed by atoms with Gasteiger partial charge in [-0.15, -0.1) is 11.8 Å². The van der Waals surface area contributed by atoms with Crippen LogP contribution in [0.25, 0.3) is 5.57 Å². The number of rotatable bonds is 8. The average molecular weight is 410 g/mol. The molecular weight excluding hydrogens is 386 g/mol. The van der Waals surface area contributed by atoms with Gasteiger partial charge in [-0.3, -0.25) is 9.59 Å². The number of carbonyl (C=O) groups is 3. The van der Waals surface area contributed by atoms with E-state index in [1.54, 1.807) is 18.2 Å². The Hall–Kier alpha value is -2.86. The average Bonchev–Trinajstić information content (AvgIpc) is 2.99. The highest BCUT2D eigenvalue weighted by Gasteiger charge is 2.40. The van der Waals surface area contributed by atoms with Crippen LogP contribution < -0.4 is 4.90 Å². The molecule has 1 aliphatic rings. The number of ether oxygens (including phenoxy) is 1. The number of hydrogen-bond acceptors (Lipinski definition) is 5. The van der Waals surface area contributed by atoms with Crippen molar-refractivity contribution in [2.45, 2.75) is 26.7 Å². The highest BCUT2D eigenvalue weighted by Crippen LogP contribution is 2.38. The zero-order valence-electron chi connectivity index (χ0n) is 16.5. The van der Waals surface area contributed by atoms with Gasteiger partial charge < -0.3 is 4.74 Å². The van der Waals surface area contributed by atoms with Crippen LogP contribution in [0.4, 0.5) is 5.69 Å². The number of thioether (sulfide) groups is 1. The summed E-state index contributed by atoms with van der Waals surface area (Å²) in [5, 5.41) is 0. The largest absolute Gasteiger partial charge is 0.462 e. The van der Waals surface area contributed by atoms with E-state index >= 15 is 0 Å². The molecule has 1 aliphatic heterocycles. The van der Waals surface area contributed by atoms with Crippen LogP contribution in [-0.4, -0.2) is 30.1 Å². The fourth-order valence-corrected chi connectivity index (χ4v) is 3.90. The van der Waals surface area contributed by atoms with E-state index in [1.807, 2.05) is 44.2 Å². The first kappa shape index (κ1) is 20.9. The standard InChI is InChI=1S/C23H23NO4S/c1-3-5-14-28-23(27)17-12-9-13-18(15-17)24-21(25)19(16-10-7-6-8-11-16)20(22(24)26)29-4-2/h6-13,15H,3-5,14H2,1-2H3. The number of imide groups is 1. The smallest absolute Gasteiger partial charge is 0.338 e. The molecule has 0 N–H and O–H groups in total. The predicted octanol–water partition coefficient (Wildman–Crippen LogP) is 4.68. The van der Waals surface area contributed by atoms with Crippen molar-refractivity contribution in [3.8, 4) is 0 Å². The number of nitrogens with zero attached hydrogens (tertiary/aromatic N) is 1. The van der Waals surface area contributed by atoms with E-state index in [1.165, 1.54) is 17.8 Å². The second-order valence-electron chi connectivity index (χ2n) is 6.49. The monoisotopic (exact) mass is 409 g/mol. The Morgan fingerprint density at radius 2 is 1.76 bits per heavy atom. The van der Waals surface area contributed by atoms with E-state index in [0.29, 0.717) is 39.7 Å². The van der Waals surface area contributed by atoms with E-state index < -0.39 is 5.97 Å². The molecular formula is C23H23NO4S. The number of hydrogen-bond donors (Lipinski definition) is 0. The SMILES string of the molecule is CCCCOC(=O)c1cccc(N2C(=O)C(SCC)=C(c3ccccc3)C2=O)c1. The van der Waals surface area contributed by atoms with Crippen molar-refractivity contribution in [2.24, 2.45) is 0 Å². The van der Waals surface area contributed by atoms with Crippen LogP contribution in [0, 0.1) is 0 Å². The molecule has 29 heavy (non-hydrogen) atoms. The molecule has 0 unspecified atom stereocenters. The Kier molecular flexibility index (Phi) is 6.88. The van der Waals surface area contributed by atoms with E-state index in [2.05, 4.69) is 0 Å². The van der Waals surface area contributed by atoms with E-state index in [0.717, 1.165) is 17.7 Å². The topological polar surface area (TPSA) is 63.7 Å². The van der Waals surface area contributed by atoms with Crippen molar-refractivity contribution in [1.29, 1.82) is 0 Å². The number of amides is 2. The molecule has 0 saturated carbocycles. The van der Waals surface area contributed by atoms with Crippen LogP contribution in [0.1, 0.15) is 42.6 Å². The summed E-state index contributed by atoms with van der Waals surface area (Å²) in [5.74, 6) is -0.535. The van der Waals surface area contributed by atoms with Crippen molar-refractivity contribution in [2.75, 3.05) is 17.3 Å². The Labute approximate surface area is 174 Å². The molecule has 150 valence electrons. The lowest BCUT2D eigenvalue weighted by Gasteiger charge is -2.16. The first-order valence-corrected chi connectivity index (χ1v) is 10.7. The number of esters is 1. The summed E-state index contributed by atoms with van der Waals surface area (Å²) >= 11 is 1.35. The Morgan fingerprint density at radius 3 is 2.45 bits per heavy atom. The molecule has 2 aromatic carbocycles. The van der Waals surface area contributed by atoms with Gasteiger partial charge in [0, 0.05) is 0 Å². The Morgan fingerprint density at radius 1 is 1.00 bits per heavy atom. The minimum Gasteiger partial charge on any atom is -0.462 e. The van der Waals surface area contributed by atoms with Crippen LogP contribution in [0.2, 0.25) is 0 Å². The molecule has 0 aromatic heterocycles. The summed E-state index contributed by atoms with van der Waals surface area (Å²) in [6.07, 6.45) is 1.71. The third-order valence-electron chi connectivity index (χ3n) is 4.46. The summed E-state index contributed by atoms with van der Waals surface area (Å²) in [7, 11) is 0. The van der Waals surface area contributed by atoms with E-state index in [4.69, 9.17) is 4.74 Å². The Balaban J connectivity index is 1.93. The molecule has 0 fully saturated rings. The summed E-state index contributed by atoms with van der Waals surface area (Å²) in [6, 6.07) is 15.6. The van der Waals surface area contributed by atoms with Gasteiger partial charge in [-0.1, -0.05) is 56.7 Å². The molecule has 3 rings (SSSR count). The van der Waals surface area contributed by atoms with Gasteiger partial charge >= 0.3 is 5.97 Å². The van der Waals surface area contributed by atoms with Gasteiger partial charge in [0.15, 0.2) is 0 Å². The second kappa shape index (κ2) is 9.56. The molecule has 0 aliphatic carbocycles. The van der Waals surface area contributed by atoms with Crippen LogP contribution in [-0.2, 0) is 14.3 Å². The number of benzene rings is 2. The normalized spacial score (nSPS) is 13.9. The zero-order chi connectivity index (χ0) is 20.8. The maximum atomic E-state index is 13.2. The quantitative estimate of drug-likeness (QED) is 0.360. The summed E-state index contributed by atoms with van der Waals surface area (Å²) in [4.78, 5) is 40.2. The maximum Gasteiger partial charge on any atom is 0.338 e. The molecule has 5 nitrogen and oxygen atoms in total. The van der Waals surface area contributed by atoms with Crippen molar-refractivity contribution < 1.29 is 19.1 Å². The van der Waals surface area contributed by atoms with Gasteiger partial charge in [0.25, 0.3) is 11.8 Å². The molecule has 2 amide bonds. The van der Waals surface area contributed by atoms with Crippen LogP contribution in [0.5, 0.6) is 0 Å². The predicted molar refractivity (Wildman–Crippen MR) is 116 cm³/mol. The highest BCUT2D eigenvalue weighted by atomic mass is 32.2. The fourth-order valence-electron chi connectivity index (χ4n) is 3.05. The van der Waals surface area contributed by atoms with Crippen LogP contribution in [0.15, 0.2) is 59.5 Å². The van der Waals surface area contributed by atoms with Gasteiger partial charge in [-0.2, -0.15) is 0 Å². The summed E-state index contributed by atoms with van der Waals surface area (Å²) in [6.45, 7) is 4.30. The van der Waals surface area contributed by atoms with Crippen molar-refractivity contribution in [3.63, 3.8) is 0 Å². The van der Waals surface area contributed by atoms with E-state index in [-0.39, 0.29) is 11.8 Å².